The number of nitrogens with one attached hydrogen (secondary N) is 1. The fourth-order valence-electron chi connectivity index (χ4n) is 2.08. The quantitative estimate of drug-likeness (QED) is 0.400. The van der Waals surface area contributed by atoms with Crippen molar-refractivity contribution in [2.24, 2.45) is 17.6 Å². The molecule has 82 valence electrons. The van der Waals surface area contributed by atoms with Crippen molar-refractivity contribution in [2.45, 2.75) is 33.1 Å². The molecule has 14 heavy (non-hydrogen) atoms. The summed E-state index contributed by atoms with van der Waals surface area (Å²) in [4.78, 5) is 2.54. The summed E-state index contributed by atoms with van der Waals surface area (Å²) in [5.41, 5.74) is 5.30. The van der Waals surface area contributed by atoms with Crippen LogP contribution in [-0.4, -0.2) is 30.4 Å². The molecule has 0 spiro atoms. The second kappa shape index (κ2) is 5.35. The maximum absolute atomic E-state index is 7.11. The van der Waals surface area contributed by atoms with E-state index in [0.717, 1.165) is 24.7 Å². The monoisotopic (exact) mass is 197 g/mol. The zero-order chi connectivity index (χ0) is 10.6. The van der Waals surface area contributed by atoms with Gasteiger partial charge in [-0.15, -0.1) is 0 Å². The summed E-state index contributed by atoms with van der Waals surface area (Å²) in [5, 5.41) is 7.11. The van der Waals surface area contributed by atoms with E-state index >= 15 is 0 Å². The maximum atomic E-state index is 7.11. The van der Waals surface area contributed by atoms with E-state index in [2.05, 4.69) is 18.7 Å². The minimum atomic E-state index is 0.327. The molecule has 0 aromatic rings. The molecule has 3 nitrogen and oxygen atoms in total. The summed E-state index contributed by atoms with van der Waals surface area (Å²) >= 11 is 0. The molecule has 1 aliphatic rings. The van der Waals surface area contributed by atoms with Crippen LogP contribution in [0.4, 0.5) is 0 Å². The highest BCUT2D eigenvalue weighted by molar-refractivity contribution is 5.76. The van der Waals surface area contributed by atoms with Crippen LogP contribution in [0, 0.1) is 17.2 Å². The minimum Gasteiger partial charge on any atom is -0.388 e. The van der Waals surface area contributed by atoms with Crippen molar-refractivity contribution < 1.29 is 0 Å². The van der Waals surface area contributed by atoms with Gasteiger partial charge in [0.2, 0.25) is 0 Å². The van der Waals surface area contributed by atoms with Gasteiger partial charge in [0, 0.05) is 19.5 Å². The predicted octanol–water partition coefficient (Wildman–Crippen LogP) is 1.68. The Morgan fingerprint density at radius 3 is 2.36 bits per heavy atom. The summed E-state index contributed by atoms with van der Waals surface area (Å²) in [7, 11) is 0. The summed E-state index contributed by atoms with van der Waals surface area (Å²) in [5.74, 6) is 2.03. The third-order valence-corrected chi connectivity index (χ3v) is 3.23. The van der Waals surface area contributed by atoms with E-state index in [1.54, 1.807) is 0 Å². The summed E-state index contributed by atoms with van der Waals surface area (Å²) < 4.78 is 0. The van der Waals surface area contributed by atoms with Gasteiger partial charge in [-0.1, -0.05) is 13.8 Å². The van der Waals surface area contributed by atoms with Gasteiger partial charge in [0.1, 0.15) is 0 Å². The van der Waals surface area contributed by atoms with Crippen molar-refractivity contribution in [3.63, 3.8) is 0 Å². The van der Waals surface area contributed by atoms with Crippen LogP contribution in [0.25, 0.3) is 0 Å². The molecule has 1 saturated heterocycles. The normalized spacial score (nSPS) is 28.1. The number of hydrogen-bond acceptors (Lipinski definition) is 2. The van der Waals surface area contributed by atoms with Crippen LogP contribution in [0.5, 0.6) is 0 Å². The van der Waals surface area contributed by atoms with Crippen molar-refractivity contribution in [1.82, 2.24) is 4.90 Å². The summed E-state index contributed by atoms with van der Waals surface area (Å²) in [6.45, 7) is 8.35. The largest absolute Gasteiger partial charge is 0.388 e. The molecular weight excluding hydrogens is 174 g/mol. The van der Waals surface area contributed by atoms with E-state index in [1.165, 1.54) is 26.1 Å². The summed E-state index contributed by atoms with van der Waals surface area (Å²) in [6.07, 6.45) is 3.01. The third kappa shape index (κ3) is 3.66. The third-order valence-electron chi connectivity index (χ3n) is 3.23. The second-order valence-corrected chi connectivity index (χ2v) is 4.70. The van der Waals surface area contributed by atoms with Crippen LogP contribution in [0.2, 0.25) is 0 Å². The predicted molar refractivity (Wildman–Crippen MR) is 60.5 cm³/mol. The van der Waals surface area contributed by atoms with E-state index in [4.69, 9.17) is 11.1 Å². The van der Waals surface area contributed by atoms with Gasteiger partial charge in [0.15, 0.2) is 0 Å². The Balaban J connectivity index is 2.06. The Morgan fingerprint density at radius 1 is 1.29 bits per heavy atom. The lowest BCUT2D eigenvalue weighted by molar-refractivity contribution is 0.317. The number of amidine groups is 1. The van der Waals surface area contributed by atoms with Crippen molar-refractivity contribution in [3.8, 4) is 0 Å². The Labute approximate surface area is 87.2 Å². The van der Waals surface area contributed by atoms with Crippen LogP contribution < -0.4 is 5.73 Å². The van der Waals surface area contributed by atoms with E-state index in [9.17, 15) is 0 Å². The van der Waals surface area contributed by atoms with E-state index in [0.29, 0.717) is 5.84 Å². The van der Waals surface area contributed by atoms with Gasteiger partial charge in [-0.25, -0.2) is 0 Å². The number of hydrogen-bond donors (Lipinski definition) is 2. The zero-order valence-corrected chi connectivity index (χ0v) is 9.42. The van der Waals surface area contributed by atoms with Crippen LogP contribution in [0.1, 0.15) is 33.1 Å². The van der Waals surface area contributed by atoms with Gasteiger partial charge in [-0.05, 0) is 31.2 Å². The molecule has 3 N–H and O–H groups in total. The maximum Gasteiger partial charge on any atom is 0.0905 e. The highest BCUT2D eigenvalue weighted by atomic mass is 15.1. The molecule has 0 bridgehead atoms. The van der Waals surface area contributed by atoms with Crippen molar-refractivity contribution in [1.29, 1.82) is 5.41 Å². The number of rotatable bonds is 5. The molecule has 0 radical (unpaired) electrons. The lowest BCUT2D eigenvalue weighted by Crippen LogP contribution is -2.22. The zero-order valence-electron chi connectivity index (χ0n) is 9.42. The standard InChI is InChI=1S/C11H23N3/c1-9-7-14(8-10(9)2)6-4-3-5-11(12)13/h9-10H,3-8H2,1-2H3,(H3,12,13). The molecule has 1 aliphatic heterocycles. The minimum absolute atomic E-state index is 0.327. The van der Waals surface area contributed by atoms with Gasteiger partial charge < -0.3 is 10.6 Å². The topological polar surface area (TPSA) is 53.1 Å². The number of nitrogens with zero attached hydrogens (tertiary/aromatic N) is 1. The van der Waals surface area contributed by atoms with E-state index < -0.39 is 0 Å². The van der Waals surface area contributed by atoms with Crippen molar-refractivity contribution in [2.75, 3.05) is 19.6 Å². The first-order chi connectivity index (χ1) is 6.59. The lowest BCUT2D eigenvalue weighted by Gasteiger charge is -2.14. The molecule has 1 fully saturated rings. The van der Waals surface area contributed by atoms with E-state index in [-0.39, 0.29) is 0 Å². The fraction of sp³-hybridized carbons (Fsp3) is 0.909. The average Bonchev–Trinajstić information content (AvgIpc) is 2.40. The molecule has 2 atom stereocenters. The summed E-state index contributed by atoms with van der Waals surface area (Å²) in [6, 6.07) is 0. The van der Waals surface area contributed by atoms with Gasteiger partial charge in [-0.2, -0.15) is 0 Å². The first-order valence-electron chi connectivity index (χ1n) is 5.65. The second-order valence-electron chi connectivity index (χ2n) is 4.70. The number of likely N-dealkylation sites (tertiary alicyclic amines) is 1. The van der Waals surface area contributed by atoms with Gasteiger partial charge >= 0.3 is 0 Å². The van der Waals surface area contributed by atoms with E-state index in [1.807, 2.05) is 0 Å². The van der Waals surface area contributed by atoms with Crippen LogP contribution in [0.3, 0.4) is 0 Å². The average molecular weight is 197 g/mol. The van der Waals surface area contributed by atoms with Crippen molar-refractivity contribution >= 4 is 5.84 Å². The molecule has 0 amide bonds. The molecule has 1 heterocycles. The molecule has 2 unspecified atom stereocenters. The molecule has 0 aliphatic carbocycles. The Hall–Kier alpha value is -0.570. The van der Waals surface area contributed by atoms with Crippen LogP contribution in [0.15, 0.2) is 0 Å². The molecule has 3 heteroatoms. The molecule has 1 rings (SSSR count). The molecule has 0 aromatic carbocycles. The highest BCUT2D eigenvalue weighted by Crippen LogP contribution is 2.22. The lowest BCUT2D eigenvalue weighted by atomic mass is 10.0. The van der Waals surface area contributed by atoms with Gasteiger partial charge in [0.25, 0.3) is 0 Å². The first-order valence-corrected chi connectivity index (χ1v) is 5.65. The Kier molecular flexibility index (Phi) is 4.39. The van der Waals surface area contributed by atoms with Crippen LogP contribution >= 0.6 is 0 Å². The first kappa shape index (κ1) is 11.5. The van der Waals surface area contributed by atoms with Gasteiger partial charge in [0.05, 0.1) is 5.84 Å². The van der Waals surface area contributed by atoms with Crippen molar-refractivity contribution in [3.05, 3.63) is 0 Å². The number of nitrogens with two attached hydrogens (primary N) is 1. The van der Waals surface area contributed by atoms with Crippen LogP contribution in [-0.2, 0) is 0 Å². The highest BCUT2D eigenvalue weighted by Gasteiger charge is 2.24. The SMILES string of the molecule is CC1CN(CCCCC(=N)N)CC1C. The Bertz CT molecular complexity index is 181. The molecule has 0 saturated carbocycles. The fourth-order valence-corrected chi connectivity index (χ4v) is 2.08. The number of unbranched alkanes of at least 4 members (excludes halogenated alkanes) is 1. The molecule has 0 aromatic heterocycles. The smallest absolute Gasteiger partial charge is 0.0905 e. The Morgan fingerprint density at radius 2 is 1.86 bits per heavy atom. The molecular formula is C11H23N3. The van der Waals surface area contributed by atoms with Gasteiger partial charge in [-0.3, -0.25) is 5.41 Å².